The highest BCUT2D eigenvalue weighted by Gasteiger charge is 2.21. The molecule has 5 nitrogen and oxygen atoms in total. The molecule has 5 heteroatoms. The summed E-state index contributed by atoms with van der Waals surface area (Å²) in [7, 11) is 0. The van der Waals surface area contributed by atoms with E-state index in [1.807, 2.05) is 0 Å². The zero-order chi connectivity index (χ0) is 14.8. The lowest BCUT2D eigenvalue weighted by molar-refractivity contribution is 0.0695. The largest absolute Gasteiger partial charge is 0.478 e. The fourth-order valence-electron chi connectivity index (χ4n) is 2.18. The minimum Gasteiger partial charge on any atom is -0.478 e. The summed E-state index contributed by atoms with van der Waals surface area (Å²) in [6, 6.07) is 10.3. The Hall–Kier alpha value is -3.08. The second-order valence-electron chi connectivity index (χ2n) is 4.44. The van der Waals surface area contributed by atoms with Gasteiger partial charge in [-0.05, 0) is 30.4 Å². The predicted molar refractivity (Wildman–Crippen MR) is 77.3 cm³/mol. The maximum atomic E-state index is 12.2. The molecule has 0 amide bonds. The lowest BCUT2D eigenvalue weighted by atomic mass is 10.1. The van der Waals surface area contributed by atoms with E-state index < -0.39 is 11.8 Å². The Balaban J connectivity index is 2.05. The van der Waals surface area contributed by atoms with Crippen LogP contribution in [0.4, 0.5) is 0 Å². The molecule has 0 aliphatic rings. The number of carboxylic acid groups (broad SMARTS) is 1. The molecule has 0 bridgehead atoms. The van der Waals surface area contributed by atoms with Crippen LogP contribution < -0.4 is 0 Å². The monoisotopic (exact) mass is 281 g/mol. The number of carbonyl (C=O) groups excluding carboxylic acids is 1. The second kappa shape index (κ2) is 5.13. The van der Waals surface area contributed by atoms with E-state index in [2.05, 4.69) is 4.98 Å². The van der Waals surface area contributed by atoms with Crippen LogP contribution in [0.2, 0.25) is 0 Å². The Bertz CT molecular complexity index is 840. The van der Waals surface area contributed by atoms with Gasteiger partial charge in [0.05, 0.1) is 11.8 Å². The first kappa shape index (κ1) is 12.9. The summed E-state index contributed by atoms with van der Waals surface area (Å²) >= 11 is 0. The van der Waals surface area contributed by atoms with Gasteiger partial charge in [-0.3, -0.25) is 4.79 Å². The van der Waals surface area contributed by atoms with Crippen molar-refractivity contribution in [2.45, 2.75) is 0 Å². The number of para-hydroxylation sites is 1. The summed E-state index contributed by atoms with van der Waals surface area (Å²) in [5.41, 5.74) is 0.663. The maximum Gasteiger partial charge on any atom is 0.338 e. The van der Waals surface area contributed by atoms with Crippen LogP contribution in [0.5, 0.6) is 0 Å². The summed E-state index contributed by atoms with van der Waals surface area (Å²) in [4.78, 5) is 26.5. The Morgan fingerprint density at radius 1 is 1.14 bits per heavy atom. The van der Waals surface area contributed by atoms with Gasteiger partial charge in [0.25, 0.3) is 0 Å². The number of H-pyrrole nitrogens is 1. The third kappa shape index (κ3) is 2.36. The molecule has 0 fully saturated rings. The van der Waals surface area contributed by atoms with Crippen LogP contribution in [0.25, 0.3) is 17.0 Å². The van der Waals surface area contributed by atoms with Crippen molar-refractivity contribution in [2.24, 2.45) is 0 Å². The van der Waals surface area contributed by atoms with E-state index in [9.17, 15) is 14.7 Å². The number of carbonyl (C=O) groups is 2. The average Bonchev–Trinajstić information content (AvgIpc) is 3.11. The highest BCUT2D eigenvalue weighted by Crippen LogP contribution is 2.23. The summed E-state index contributed by atoms with van der Waals surface area (Å²) in [6.07, 6.45) is 4.28. The van der Waals surface area contributed by atoms with Crippen molar-refractivity contribution >= 4 is 28.7 Å². The third-order valence-corrected chi connectivity index (χ3v) is 3.11. The van der Waals surface area contributed by atoms with Gasteiger partial charge in [-0.25, -0.2) is 4.79 Å². The molecule has 104 valence electrons. The number of hydrogen-bond acceptors (Lipinski definition) is 3. The molecular formula is C16H11NO4. The number of fused-ring (bicyclic) bond motifs is 1. The number of nitrogens with one attached hydrogen (secondary N) is 1. The molecule has 3 rings (SSSR count). The van der Waals surface area contributed by atoms with Crippen LogP contribution in [0.15, 0.2) is 53.2 Å². The summed E-state index contributed by atoms with van der Waals surface area (Å²) in [6.45, 7) is 0. The van der Waals surface area contributed by atoms with Gasteiger partial charge >= 0.3 is 5.97 Å². The van der Waals surface area contributed by atoms with Gasteiger partial charge in [0, 0.05) is 10.9 Å². The Morgan fingerprint density at radius 2 is 1.95 bits per heavy atom. The van der Waals surface area contributed by atoms with Crippen molar-refractivity contribution < 1.29 is 19.1 Å². The Morgan fingerprint density at radius 3 is 2.67 bits per heavy atom. The molecule has 2 N–H and O–H groups in total. The molecule has 3 aromatic rings. The normalized spacial score (nSPS) is 11.2. The first-order valence-corrected chi connectivity index (χ1v) is 6.27. The molecule has 0 saturated carbocycles. The molecule has 1 aromatic carbocycles. The highest BCUT2D eigenvalue weighted by atomic mass is 16.4. The van der Waals surface area contributed by atoms with Crippen molar-refractivity contribution in [3.63, 3.8) is 0 Å². The molecule has 21 heavy (non-hydrogen) atoms. The smallest absolute Gasteiger partial charge is 0.338 e. The minimum atomic E-state index is -1.14. The van der Waals surface area contributed by atoms with Crippen LogP contribution in [0.1, 0.15) is 26.6 Å². The topological polar surface area (TPSA) is 83.3 Å². The first-order chi connectivity index (χ1) is 10.2. The number of hydrogen-bond donors (Lipinski definition) is 2. The van der Waals surface area contributed by atoms with Gasteiger partial charge in [0.15, 0.2) is 0 Å². The zero-order valence-corrected chi connectivity index (χ0v) is 10.9. The molecule has 0 radical (unpaired) electrons. The number of carboxylic acids is 1. The van der Waals surface area contributed by atoms with Crippen molar-refractivity contribution in [2.75, 3.05) is 0 Å². The van der Waals surface area contributed by atoms with E-state index in [1.54, 1.807) is 36.4 Å². The number of furan rings is 1. The second-order valence-corrected chi connectivity index (χ2v) is 4.44. The number of aromatic nitrogens is 1. The van der Waals surface area contributed by atoms with Crippen LogP contribution in [-0.2, 0) is 0 Å². The van der Waals surface area contributed by atoms with Crippen molar-refractivity contribution in [1.29, 1.82) is 0 Å². The fourth-order valence-corrected chi connectivity index (χ4v) is 2.18. The van der Waals surface area contributed by atoms with E-state index in [0.717, 1.165) is 0 Å². The molecule has 2 aromatic heterocycles. The maximum absolute atomic E-state index is 12.2. The Labute approximate surface area is 119 Å². The van der Waals surface area contributed by atoms with Crippen molar-refractivity contribution in [3.05, 3.63) is 65.8 Å². The zero-order valence-electron chi connectivity index (χ0n) is 10.9. The lowest BCUT2D eigenvalue weighted by Gasteiger charge is -1.95. The SMILES string of the molecule is O=C(C=Cc1ccco1)c1[nH]c2ccccc2c1C(=O)O. The molecule has 0 unspecified atom stereocenters. The minimum absolute atomic E-state index is 0.0142. The Kier molecular flexibility index (Phi) is 3.16. The van der Waals surface area contributed by atoms with Gasteiger partial charge in [0.1, 0.15) is 11.5 Å². The van der Waals surface area contributed by atoms with Crippen LogP contribution >= 0.6 is 0 Å². The molecule has 0 aliphatic carbocycles. The predicted octanol–water partition coefficient (Wildman–Crippen LogP) is 3.36. The average molecular weight is 281 g/mol. The van der Waals surface area contributed by atoms with Gasteiger partial charge in [-0.1, -0.05) is 18.2 Å². The van der Waals surface area contributed by atoms with Crippen molar-refractivity contribution in [3.8, 4) is 0 Å². The standard InChI is InChI=1S/C16H11NO4/c18-13(8-7-10-4-3-9-21-10)15-14(16(19)20)11-5-1-2-6-12(11)17-15/h1-9,17H,(H,19,20). The van der Waals surface area contributed by atoms with E-state index in [4.69, 9.17) is 4.42 Å². The van der Waals surface area contributed by atoms with E-state index in [-0.39, 0.29) is 11.3 Å². The third-order valence-electron chi connectivity index (χ3n) is 3.11. The van der Waals surface area contributed by atoms with Crippen LogP contribution in [-0.4, -0.2) is 21.8 Å². The summed E-state index contributed by atoms with van der Waals surface area (Å²) < 4.78 is 5.09. The molecule has 0 saturated heterocycles. The molecule has 2 heterocycles. The van der Waals surface area contributed by atoms with Gasteiger partial charge in [-0.2, -0.15) is 0 Å². The van der Waals surface area contributed by atoms with E-state index in [0.29, 0.717) is 16.7 Å². The highest BCUT2D eigenvalue weighted by molar-refractivity contribution is 6.17. The van der Waals surface area contributed by atoms with E-state index >= 15 is 0 Å². The number of rotatable bonds is 4. The van der Waals surface area contributed by atoms with E-state index in [1.165, 1.54) is 18.4 Å². The summed E-state index contributed by atoms with van der Waals surface area (Å²) in [5, 5.41) is 9.85. The van der Waals surface area contributed by atoms with Gasteiger partial charge in [0.2, 0.25) is 5.78 Å². The molecular weight excluding hydrogens is 270 g/mol. The van der Waals surface area contributed by atoms with Crippen LogP contribution in [0, 0.1) is 0 Å². The van der Waals surface area contributed by atoms with Crippen LogP contribution in [0.3, 0.4) is 0 Å². The first-order valence-electron chi connectivity index (χ1n) is 6.27. The number of allylic oxidation sites excluding steroid dienone is 1. The summed E-state index contributed by atoms with van der Waals surface area (Å²) in [5.74, 6) is -1.03. The number of aromatic amines is 1. The lowest BCUT2D eigenvalue weighted by Crippen LogP contribution is -2.05. The number of benzene rings is 1. The molecule has 0 aliphatic heterocycles. The van der Waals surface area contributed by atoms with Gasteiger partial charge < -0.3 is 14.5 Å². The molecule has 0 spiro atoms. The molecule has 0 atom stereocenters. The van der Waals surface area contributed by atoms with Gasteiger partial charge in [-0.15, -0.1) is 0 Å². The fraction of sp³-hybridized carbons (Fsp3) is 0. The van der Waals surface area contributed by atoms with Crippen molar-refractivity contribution in [1.82, 2.24) is 4.98 Å². The quantitative estimate of drug-likeness (QED) is 0.567. The number of ketones is 1. The number of aromatic carboxylic acids is 1.